The first-order valence-electron chi connectivity index (χ1n) is 9.03. The third-order valence-corrected chi connectivity index (χ3v) is 5.39. The van der Waals surface area contributed by atoms with Gasteiger partial charge in [-0.1, -0.05) is 30.4 Å². The van der Waals surface area contributed by atoms with E-state index >= 15 is 0 Å². The Morgan fingerprint density at radius 3 is 2.77 bits per heavy atom. The highest BCUT2D eigenvalue weighted by molar-refractivity contribution is 6.21. The minimum atomic E-state index is -0.779. The van der Waals surface area contributed by atoms with Gasteiger partial charge in [-0.3, -0.25) is 4.79 Å². The number of hydrogen-bond donors (Lipinski definition) is 3. The van der Waals surface area contributed by atoms with E-state index in [4.69, 9.17) is 21.4 Å². The zero-order valence-electron chi connectivity index (χ0n) is 14.8. The number of aliphatic hydroxyl groups is 2. The molecule has 1 aromatic rings. The number of alkyl halides is 1. The second-order valence-corrected chi connectivity index (χ2v) is 7.28. The lowest BCUT2D eigenvalue weighted by Crippen LogP contribution is -2.27. The van der Waals surface area contributed by atoms with Crippen molar-refractivity contribution in [2.75, 3.05) is 6.61 Å². The number of benzene rings is 1. The van der Waals surface area contributed by atoms with E-state index in [0.717, 1.165) is 18.4 Å². The first-order chi connectivity index (χ1) is 12.5. The standard InChI is InChI=1S/C20H27ClO5/c21-17-11-18(23)16(13-26-19-9-6-5-7-14(19)12-22)15(17)8-3-1-2-4-10-20(24)25/h1,3,5-7,9,15-18,22-23H,2,4,8,10-13H2,(H,24,25)/b3-1-/t15-,16-,17-,18-/m1/s1. The van der Waals surface area contributed by atoms with Crippen LogP contribution in [-0.2, 0) is 11.4 Å². The van der Waals surface area contributed by atoms with E-state index in [2.05, 4.69) is 0 Å². The highest BCUT2D eigenvalue weighted by atomic mass is 35.5. The van der Waals surface area contributed by atoms with Crippen molar-refractivity contribution in [2.45, 2.75) is 50.2 Å². The molecule has 0 saturated heterocycles. The van der Waals surface area contributed by atoms with Crippen molar-refractivity contribution in [3.8, 4) is 5.75 Å². The maximum Gasteiger partial charge on any atom is 0.303 e. The predicted octanol–water partition coefficient (Wildman–Crippen LogP) is 3.36. The Morgan fingerprint density at radius 2 is 2.04 bits per heavy atom. The molecule has 0 heterocycles. The number of hydrogen-bond acceptors (Lipinski definition) is 4. The minimum absolute atomic E-state index is 0.0760. The number of ether oxygens (including phenoxy) is 1. The Morgan fingerprint density at radius 1 is 1.27 bits per heavy atom. The van der Waals surface area contributed by atoms with Crippen LogP contribution in [0.1, 0.15) is 37.7 Å². The lowest BCUT2D eigenvalue weighted by molar-refractivity contribution is -0.137. The van der Waals surface area contributed by atoms with E-state index in [1.807, 2.05) is 36.4 Å². The van der Waals surface area contributed by atoms with Gasteiger partial charge in [-0.25, -0.2) is 0 Å². The molecule has 1 aliphatic rings. The Kier molecular flexibility index (Phi) is 8.42. The van der Waals surface area contributed by atoms with E-state index in [1.54, 1.807) is 0 Å². The highest BCUT2D eigenvalue weighted by Gasteiger charge is 2.41. The average molecular weight is 383 g/mol. The van der Waals surface area contributed by atoms with E-state index in [0.29, 0.717) is 25.2 Å². The lowest BCUT2D eigenvalue weighted by Gasteiger charge is -2.23. The normalized spacial score (nSPS) is 25.7. The third-order valence-electron chi connectivity index (χ3n) is 4.89. The quantitative estimate of drug-likeness (QED) is 0.328. The summed E-state index contributed by atoms with van der Waals surface area (Å²) in [6.45, 7) is 0.253. The zero-order chi connectivity index (χ0) is 18.9. The van der Waals surface area contributed by atoms with Gasteiger partial charge in [0, 0.05) is 23.3 Å². The predicted molar refractivity (Wildman–Crippen MR) is 100 cm³/mol. The summed E-state index contributed by atoms with van der Waals surface area (Å²) in [4.78, 5) is 10.5. The van der Waals surface area contributed by atoms with Crippen LogP contribution in [0.25, 0.3) is 0 Å². The largest absolute Gasteiger partial charge is 0.493 e. The fourth-order valence-electron chi connectivity index (χ4n) is 3.39. The molecule has 0 bridgehead atoms. The van der Waals surface area contributed by atoms with Gasteiger partial charge in [0.25, 0.3) is 0 Å². The van der Waals surface area contributed by atoms with E-state index < -0.39 is 12.1 Å². The number of para-hydroxylation sites is 1. The topological polar surface area (TPSA) is 87.0 Å². The molecule has 0 amide bonds. The molecule has 0 aliphatic heterocycles. The van der Waals surface area contributed by atoms with Crippen LogP contribution in [0.15, 0.2) is 36.4 Å². The van der Waals surface area contributed by atoms with Crippen LogP contribution in [0, 0.1) is 11.8 Å². The Labute approximate surface area is 159 Å². The molecule has 0 aromatic heterocycles. The molecule has 4 atom stereocenters. The number of carboxylic acid groups (broad SMARTS) is 1. The molecule has 5 nitrogen and oxygen atoms in total. The van der Waals surface area contributed by atoms with Crippen LogP contribution in [-0.4, -0.2) is 39.4 Å². The van der Waals surface area contributed by atoms with Gasteiger partial charge >= 0.3 is 5.97 Å². The second kappa shape index (κ2) is 10.6. The number of aliphatic carboxylic acids is 1. The number of unbranched alkanes of at least 4 members (excludes halogenated alkanes) is 1. The molecular formula is C20H27ClO5. The number of aliphatic hydroxyl groups excluding tert-OH is 2. The van der Waals surface area contributed by atoms with Crippen LogP contribution in [0.5, 0.6) is 5.75 Å². The Hall–Kier alpha value is -1.56. The zero-order valence-corrected chi connectivity index (χ0v) is 15.5. The van der Waals surface area contributed by atoms with Crippen LogP contribution >= 0.6 is 11.6 Å². The summed E-state index contributed by atoms with van der Waals surface area (Å²) < 4.78 is 5.86. The van der Waals surface area contributed by atoms with Crippen molar-refractivity contribution >= 4 is 17.6 Å². The monoisotopic (exact) mass is 382 g/mol. The third kappa shape index (κ3) is 6.01. The number of carboxylic acids is 1. The molecular weight excluding hydrogens is 356 g/mol. The molecule has 144 valence electrons. The SMILES string of the molecule is O=C(O)CCC/C=C\C[C@@H]1[C@@H](COc2ccccc2CO)[C@H](O)C[C@H]1Cl. The first-order valence-corrected chi connectivity index (χ1v) is 9.47. The van der Waals surface area contributed by atoms with Gasteiger partial charge in [-0.15, -0.1) is 11.6 Å². The highest BCUT2D eigenvalue weighted by Crippen LogP contribution is 2.39. The molecule has 1 aliphatic carbocycles. The van der Waals surface area contributed by atoms with Gasteiger partial charge in [-0.2, -0.15) is 0 Å². The van der Waals surface area contributed by atoms with E-state index in [1.165, 1.54) is 0 Å². The van der Waals surface area contributed by atoms with Crippen molar-refractivity contribution in [3.63, 3.8) is 0 Å². The molecule has 0 radical (unpaired) electrons. The van der Waals surface area contributed by atoms with Crippen molar-refractivity contribution in [1.82, 2.24) is 0 Å². The number of carbonyl (C=O) groups is 1. The van der Waals surface area contributed by atoms with Gasteiger partial charge < -0.3 is 20.1 Å². The van der Waals surface area contributed by atoms with Gasteiger partial charge in [0.05, 0.1) is 19.3 Å². The molecule has 2 rings (SSSR count). The molecule has 1 aromatic carbocycles. The van der Waals surface area contributed by atoms with Gasteiger partial charge in [0.1, 0.15) is 5.75 Å². The second-order valence-electron chi connectivity index (χ2n) is 6.72. The summed E-state index contributed by atoms with van der Waals surface area (Å²) in [6.07, 6.45) is 6.27. The molecule has 26 heavy (non-hydrogen) atoms. The average Bonchev–Trinajstić information content (AvgIpc) is 2.89. The smallest absolute Gasteiger partial charge is 0.303 e. The minimum Gasteiger partial charge on any atom is -0.493 e. The molecule has 6 heteroatoms. The Balaban J connectivity index is 1.88. The van der Waals surface area contributed by atoms with E-state index in [-0.39, 0.29) is 30.2 Å². The van der Waals surface area contributed by atoms with Crippen molar-refractivity contribution in [3.05, 3.63) is 42.0 Å². The van der Waals surface area contributed by atoms with Crippen LogP contribution < -0.4 is 4.74 Å². The number of rotatable bonds is 10. The van der Waals surface area contributed by atoms with Gasteiger partial charge in [-0.05, 0) is 37.7 Å². The molecule has 1 saturated carbocycles. The number of halogens is 1. The molecule has 0 unspecified atom stereocenters. The maximum atomic E-state index is 10.5. The Bertz CT molecular complexity index is 604. The van der Waals surface area contributed by atoms with Gasteiger partial charge in [0.2, 0.25) is 0 Å². The summed E-state index contributed by atoms with van der Waals surface area (Å²) in [5.41, 5.74) is 0.720. The molecule has 0 spiro atoms. The summed E-state index contributed by atoms with van der Waals surface area (Å²) in [5, 5.41) is 28.2. The van der Waals surface area contributed by atoms with Crippen molar-refractivity contribution in [1.29, 1.82) is 0 Å². The summed E-state index contributed by atoms with van der Waals surface area (Å²) in [5.74, 6) is -0.127. The number of allylic oxidation sites excluding steroid dienone is 2. The summed E-state index contributed by atoms with van der Waals surface area (Å²) in [6, 6.07) is 7.31. The summed E-state index contributed by atoms with van der Waals surface area (Å²) >= 11 is 6.42. The van der Waals surface area contributed by atoms with E-state index in [9.17, 15) is 15.0 Å². The molecule has 1 fully saturated rings. The summed E-state index contributed by atoms with van der Waals surface area (Å²) in [7, 11) is 0. The fraction of sp³-hybridized carbons (Fsp3) is 0.550. The van der Waals surface area contributed by atoms with Crippen molar-refractivity contribution < 1.29 is 24.9 Å². The van der Waals surface area contributed by atoms with Crippen LogP contribution in [0.2, 0.25) is 0 Å². The van der Waals surface area contributed by atoms with Gasteiger partial charge in [0.15, 0.2) is 0 Å². The van der Waals surface area contributed by atoms with Crippen LogP contribution in [0.4, 0.5) is 0 Å². The first kappa shape index (κ1) is 20.7. The maximum absolute atomic E-state index is 10.5. The lowest BCUT2D eigenvalue weighted by atomic mass is 9.92. The molecule has 3 N–H and O–H groups in total. The fourth-order valence-corrected chi connectivity index (χ4v) is 3.87. The van der Waals surface area contributed by atoms with Crippen LogP contribution in [0.3, 0.4) is 0 Å². The van der Waals surface area contributed by atoms with Crippen molar-refractivity contribution in [2.24, 2.45) is 11.8 Å².